The van der Waals surface area contributed by atoms with E-state index in [1.807, 2.05) is 24.3 Å². The smallest absolute Gasteiger partial charge is 0.115 e. The van der Waals surface area contributed by atoms with Gasteiger partial charge in [-0.3, -0.25) is 0 Å². The second-order valence-corrected chi connectivity index (χ2v) is 5.54. The number of phenolic OH excluding ortho intramolecular Hbond substituents is 1. The van der Waals surface area contributed by atoms with Gasteiger partial charge >= 0.3 is 0 Å². The van der Waals surface area contributed by atoms with Gasteiger partial charge in [-0.15, -0.1) is 0 Å². The lowest BCUT2D eigenvalue weighted by atomic mass is 9.89. The van der Waals surface area contributed by atoms with E-state index in [0.29, 0.717) is 6.42 Å². The Bertz CT molecular complexity index is 515. The maximum Gasteiger partial charge on any atom is 0.115 e. The summed E-state index contributed by atoms with van der Waals surface area (Å²) in [6, 6.07) is 14.6. The molecule has 0 aliphatic rings. The molecule has 0 saturated heterocycles. The first-order chi connectivity index (χ1) is 8.47. The maximum atomic E-state index is 10.5. The van der Waals surface area contributed by atoms with E-state index in [4.69, 9.17) is 0 Å². The first kappa shape index (κ1) is 13.1. The van der Waals surface area contributed by atoms with E-state index in [1.54, 1.807) is 31.2 Å². The quantitative estimate of drug-likeness (QED) is 0.909. The van der Waals surface area contributed by atoms with Crippen molar-refractivity contribution in [3.63, 3.8) is 0 Å². The highest BCUT2D eigenvalue weighted by Gasteiger charge is 2.23. The fourth-order valence-electron chi connectivity index (χ4n) is 1.92. The van der Waals surface area contributed by atoms with Crippen molar-refractivity contribution in [2.24, 2.45) is 0 Å². The maximum absolute atomic E-state index is 10.5. The highest BCUT2D eigenvalue weighted by molar-refractivity contribution is 9.10. The number of aliphatic hydroxyl groups is 1. The molecule has 2 N–H and O–H groups in total. The molecule has 2 nitrogen and oxygen atoms in total. The first-order valence-electron chi connectivity index (χ1n) is 5.74. The number of hydrogen-bond acceptors (Lipinski definition) is 2. The van der Waals surface area contributed by atoms with Crippen LogP contribution in [0.4, 0.5) is 0 Å². The summed E-state index contributed by atoms with van der Waals surface area (Å²) in [6.07, 6.45) is 0.533. The average Bonchev–Trinajstić information content (AvgIpc) is 2.32. The third kappa shape index (κ3) is 3.12. The van der Waals surface area contributed by atoms with Crippen molar-refractivity contribution in [3.05, 3.63) is 64.1 Å². The van der Waals surface area contributed by atoms with Crippen molar-refractivity contribution in [3.8, 4) is 5.75 Å². The monoisotopic (exact) mass is 306 g/mol. The van der Waals surface area contributed by atoms with E-state index in [-0.39, 0.29) is 5.75 Å². The summed E-state index contributed by atoms with van der Waals surface area (Å²) >= 11 is 3.39. The Hall–Kier alpha value is -1.32. The summed E-state index contributed by atoms with van der Waals surface area (Å²) in [4.78, 5) is 0. The Morgan fingerprint density at radius 3 is 2.11 bits per heavy atom. The molecule has 0 spiro atoms. The SMILES string of the molecule is CC(O)(Cc1ccc(Br)cc1)c1ccc(O)cc1. The molecular weight excluding hydrogens is 292 g/mol. The van der Waals surface area contributed by atoms with Crippen LogP contribution in [0.3, 0.4) is 0 Å². The standard InChI is InChI=1S/C15H15BrO2/c1-15(18,12-4-8-14(17)9-5-12)10-11-2-6-13(16)7-3-11/h2-9,17-18H,10H2,1H3. The Labute approximate surface area is 115 Å². The minimum atomic E-state index is -0.943. The third-order valence-corrected chi connectivity index (χ3v) is 3.48. The van der Waals surface area contributed by atoms with Gasteiger partial charge in [-0.25, -0.2) is 0 Å². The molecule has 2 aromatic rings. The van der Waals surface area contributed by atoms with Crippen molar-refractivity contribution < 1.29 is 10.2 Å². The van der Waals surface area contributed by atoms with Crippen LogP contribution in [0.15, 0.2) is 53.0 Å². The molecule has 94 valence electrons. The van der Waals surface area contributed by atoms with Crippen LogP contribution in [0.1, 0.15) is 18.1 Å². The average molecular weight is 307 g/mol. The highest BCUT2D eigenvalue weighted by Crippen LogP contribution is 2.27. The predicted octanol–water partition coefficient (Wildman–Crippen LogP) is 3.60. The summed E-state index contributed by atoms with van der Waals surface area (Å²) < 4.78 is 1.02. The second-order valence-electron chi connectivity index (χ2n) is 4.62. The van der Waals surface area contributed by atoms with Crippen LogP contribution in [0.25, 0.3) is 0 Å². The van der Waals surface area contributed by atoms with Crippen LogP contribution in [0.5, 0.6) is 5.75 Å². The van der Waals surface area contributed by atoms with E-state index in [1.165, 1.54) is 0 Å². The van der Waals surface area contributed by atoms with E-state index in [2.05, 4.69) is 15.9 Å². The Morgan fingerprint density at radius 1 is 1.00 bits per heavy atom. The molecule has 2 aromatic carbocycles. The van der Waals surface area contributed by atoms with Gasteiger partial charge in [0.1, 0.15) is 5.75 Å². The molecule has 0 bridgehead atoms. The summed E-state index contributed by atoms with van der Waals surface area (Å²) in [5.41, 5.74) is 0.918. The van der Waals surface area contributed by atoms with E-state index < -0.39 is 5.60 Å². The van der Waals surface area contributed by atoms with Crippen molar-refractivity contribution in [1.29, 1.82) is 0 Å². The molecule has 0 aliphatic carbocycles. The van der Waals surface area contributed by atoms with Gasteiger partial charge in [-0.2, -0.15) is 0 Å². The lowest BCUT2D eigenvalue weighted by molar-refractivity contribution is 0.0576. The van der Waals surface area contributed by atoms with Gasteiger partial charge in [0.2, 0.25) is 0 Å². The van der Waals surface area contributed by atoms with Crippen LogP contribution in [0, 0.1) is 0 Å². The third-order valence-electron chi connectivity index (χ3n) is 2.95. The van der Waals surface area contributed by atoms with Gasteiger partial charge in [-0.1, -0.05) is 40.2 Å². The largest absolute Gasteiger partial charge is 0.508 e. The van der Waals surface area contributed by atoms with Gasteiger partial charge in [0.05, 0.1) is 5.60 Å². The zero-order valence-electron chi connectivity index (χ0n) is 10.1. The van der Waals surface area contributed by atoms with Crippen LogP contribution in [-0.4, -0.2) is 10.2 Å². The molecule has 0 aromatic heterocycles. The Balaban J connectivity index is 2.20. The Kier molecular flexibility index (Phi) is 3.73. The van der Waals surface area contributed by atoms with Crippen LogP contribution in [0.2, 0.25) is 0 Å². The molecule has 0 aliphatic heterocycles. The Morgan fingerprint density at radius 2 is 1.56 bits per heavy atom. The van der Waals surface area contributed by atoms with E-state index in [0.717, 1.165) is 15.6 Å². The lowest BCUT2D eigenvalue weighted by Gasteiger charge is -2.24. The van der Waals surface area contributed by atoms with Gasteiger partial charge < -0.3 is 10.2 Å². The lowest BCUT2D eigenvalue weighted by Crippen LogP contribution is -2.24. The fourth-order valence-corrected chi connectivity index (χ4v) is 2.19. The van der Waals surface area contributed by atoms with Gasteiger partial charge in [0, 0.05) is 10.9 Å². The zero-order chi connectivity index (χ0) is 13.2. The molecule has 0 saturated carbocycles. The van der Waals surface area contributed by atoms with Gasteiger partial charge in [-0.05, 0) is 42.3 Å². The van der Waals surface area contributed by atoms with E-state index >= 15 is 0 Å². The van der Waals surface area contributed by atoms with Crippen molar-refractivity contribution >= 4 is 15.9 Å². The molecule has 1 atom stereocenters. The van der Waals surface area contributed by atoms with Crippen LogP contribution in [-0.2, 0) is 12.0 Å². The molecular formula is C15H15BrO2. The molecule has 3 heteroatoms. The molecule has 0 radical (unpaired) electrons. The molecule has 0 amide bonds. The van der Waals surface area contributed by atoms with Gasteiger partial charge in [0.25, 0.3) is 0 Å². The summed E-state index contributed by atoms with van der Waals surface area (Å²) in [7, 11) is 0. The second kappa shape index (κ2) is 5.12. The first-order valence-corrected chi connectivity index (χ1v) is 6.53. The van der Waals surface area contributed by atoms with Crippen LogP contribution < -0.4 is 0 Å². The molecule has 18 heavy (non-hydrogen) atoms. The minimum Gasteiger partial charge on any atom is -0.508 e. The highest BCUT2D eigenvalue weighted by atomic mass is 79.9. The fraction of sp³-hybridized carbons (Fsp3) is 0.200. The van der Waals surface area contributed by atoms with Crippen molar-refractivity contribution in [1.82, 2.24) is 0 Å². The van der Waals surface area contributed by atoms with Crippen molar-refractivity contribution in [2.75, 3.05) is 0 Å². The summed E-state index contributed by atoms with van der Waals surface area (Å²) in [5.74, 6) is 0.207. The summed E-state index contributed by atoms with van der Waals surface area (Å²) in [6.45, 7) is 1.78. The van der Waals surface area contributed by atoms with Gasteiger partial charge in [0.15, 0.2) is 0 Å². The molecule has 2 rings (SSSR count). The molecule has 1 unspecified atom stereocenters. The zero-order valence-corrected chi connectivity index (χ0v) is 11.7. The predicted molar refractivity (Wildman–Crippen MR) is 75.5 cm³/mol. The normalized spacial score (nSPS) is 14.2. The topological polar surface area (TPSA) is 40.5 Å². The number of rotatable bonds is 3. The number of aromatic hydroxyl groups is 1. The van der Waals surface area contributed by atoms with Crippen molar-refractivity contribution in [2.45, 2.75) is 18.9 Å². The van der Waals surface area contributed by atoms with E-state index in [9.17, 15) is 10.2 Å². The molecule has 0 heterocycles. The summed E-state index contributed by atoms with van der Waals surface area (Å²) in [5, 5.41) is 19.8. The number of hydrogen-bond donors (Lipinski definition) is 2. The number of phenols is 1. The minimum absolute atomic E-state index is 0.207. The molecule has 0 fully saturated rings. The van der Waals surface area contributed by atoms with Crippen LogP contribution >= 0.6 is 15.9 Å². The number of halogens is 1. The number of benzene rings is 2.